The summed E-state index contributed by atoms with van der Waals surface area (Å²) < 4.78 is 5.75. The average Bonchev–Trinajstić information content (AvgIpc) is 2.26. The molecule has 0 aliphatic rings. The number of hydrogen-bond donors (Lipinski definition) is 0. The van der Waals surface area contributed by atoms with Gasteiger partial charge in [-0.15, -0.1) is 0 Å². The predicted octanol–water partition coefficient (Wildman–Crippen LogP) is 3.69. The van der Waals surface area contributed by atoms with Crippen molar-refractivity contribution in [2.75, 3.05) is 0 Å². The van der Waals surface area contributed by atoms with Crippen LogP contribution in [0.3, 0.4) is 0 Å². The summed E-state index contributed by atoms with van der Waals surface area (Å²) in [6, 6.07) is 18.3. The number of rotatable bonds is 0. The van der Waals surface area contributed by atoms with Gasteiger partial charge < -0.3 is 5.48 Å². The Kier molecular flexibility index (Phi) is 2.35. The molecule has 0 radical (unpaired) electrons. The molecule has 2 aromatic carbocycles. The van der Waals surface area contributed by atoms with E-state index in [1.54, 1.807) is 0 Å². The zero-order valence-corrected chi connectivity index (χ0v) is 8.05. The van der Waals surface area contributed by atoms with Gasteiger partial charge in [-0.3, -0.25) is 0 Å². The predicted molar refractivity (Wildman–Crippen MR) is 60.1 cm³/mol. The van der Waals surface area contributed by atoms with Gasteiger partial charge in [-0.05, 0) is 18.2 Å². The summed E-state index contributed by atoms with van der Waals surface area (Å²) >= 11 is 0. The highest BCUT2D eigenvalue weighted by atomic mass is 16.3. The third kappa shape index (κ3) is 1.55. The van der Waals surface area contributed by atoms with Crippen LogP contribution in [0.2, 0.25) is 0 Å². The number of hydrogen-bond acceptors (Lipinski definition) is 1. The monoisotopic (exact) mass is 198 g/mol. The molecule has 2 heteroatoms. The summed E-state index contributed by atoms with van der Waals surface area (Å²) in [5.74, 6) is 0. The van der Waals surface area contributed by atoms with Crippen LogP contribution in [0.1, 0.15) is 0 Å². The van der Waals surface area contributed by atoms with Crippen LogP contribution in [0, 0.1) is 0 Å². The molecule has 0 fully saturated rings. The van der Waals surface area contributed by atoms with Crippen molar-refractivity contribution in [3.05, 3.63) is 54.6 Å². The molecule has 0 bridgehead atoms. The zero-order chi connectivity index (χ0) is 9.38. The van der Waals surface area contributed by atoms with Crippen LogP contribution < -0.4 is 0 Å². The third-order valence-electron chi connectivity index (χ3n) is 2.37. The van der Waals surface area contributed by atoms with E-state index < -0.39 is 0 Å². The van der Waals surface area contributed by atoms with Crippen LogP contribution in [0.25, 0.3) is 21.9 Å². The van der Waals surface area contributed by atoms with Crippen LogP contribution in [0.15, 0.2) is 59.0 Å². The normalized spacial score (nSPS) is 10.1. The lowest BCUT2D eigenvalue weighted by Crippen LogP contribution is -1.74. The third-order valence-corrected chi connectivity index (χ3v) is 2.37. The van der Waals surface area contributed by atoms with Gasteiger partial charge in [0.05, 0.1) is 10.8 Å². The first-order valence-corrected chi connectivity index (χ1v) is 4.64. The van der Waals surface area contributed by atoms with Crippen LogP contribution in [-0.4, -0.2) is 5.48 Å². The maximum absolute atomic E-state index is 5.75. The maximum Gasteiger partial charge on any atom is 0.360 e. The second kappa shape index (κ2) is 3.67. The maximum atomic E-state index is 5.75. The molecule has 0 saturated heterocycles. The molecule has 0 aliphatic heterocycles. The van der Waals surface area contributed by atoms with Crippen molar-refractivity contribution in [1.82, 2.24) is 0 Å². The van der Waals surface area contributed by atoms with Crippen molar-refractivity contribution in [1.29, 1.82) is 0 Å². The topological polar surface area (TPSA) is 41.3 Å². The highest BCUT2D eigenvalue weighted by Gasteiger charge is 2.09. The summed E-state index contributed by atoms with van der Waals surface area (Å²) in [4.78, 5) is 0. The number of fused-ring (bicyclic) bond motifs is 2. The molecule has 3 aromatic rings. The van der Waals surface area contributed by atoms with Crippen LogP contribution in [0.5, 0.6) is 0 Å². The van der Waals surface area contributed by atoms with Crippen molar-refractivity contribution in [2.24, 2.45) is 0 Å². The van der Waals surface area contributed by atoms with E-state index >= 15 is 0 Å². The zero-order valence-electron chi connectivity index (χ0n) is 8.05. The average molecular weight is 198 g/mol. The summed E-state index contributed by atoms with van der Waals surface area (Å²) in [5.41, 5.74) is 1.87. The molecule has 0 amide bonds. The van der Waals surface area contributed by atoms with Gasteiger partial charge in [0.1, 0.15) is 0 Å². The minimum Gasteiger partial charge on any atom is -0.870 e. The molecule has 1 heterocycles. The van der Waals surface area contributed by atoms with Gasteiger partial charge in [0.15, 0.2) is 0 Å². The van der Waals surface area contributed by atoms with Gasteiger partial charge in [0.25, 0.3) is 0 Å². The van der Waals surface area contributed by atoms with Crippen LogP contribution in [0.4, 0.5) is 0 Å². The summed E-state index contributed by atoms with van der Waals surface area (Å²) in [6.45, 7) is 0. The molecule has 3 rings (SSSR count). The second-order valence-electron chi connectivity index (χ2n) is 3.32. The van der Waals surface area contributed by atoms with E-state index in [4.69, 9.17) is 4.42 Å². The van der Waals surface area contributed by atoms with E-state index in [1.165, 1.54) is 0 Å². The van der Waals surface area contributed by atoms with Crippen molar-refractivity contribution >= 4 is 21.9 Å². The highest BCUT2D eigenvalue weighted by molar-refractivity contribution is 5.89. The molecule has 0 aliphatic carbocycles. The van der Waals surface area contributed by atoms with E-state index in [0.717, 1.165) is 21.9 Å². The SMILES string of the molecule is [OH-].c1ccc2[o+]c3ccccc3cc2c1. The van der Waals surface area contributed by atoms with E-state index in [0.29, 0.717) is 0 Å². The largest absolute Gasteiger partial charge is 0.870 e. The molecule has 0 saturated carbocycles. The van der Waals surface area contributed by atoms with Gasteiger partial charge in [-0.1, -0.05) is 24.3 Å². The molecule has 1 N–H and O–H groups in total. The summed E-state index contributed by atoms with van der Waals surface area (Å²) in [7, 11) is 0. The summed E-state index contributed by atoms with van der Waals surface area (Å²) in [5, 5.41) is 2.29. The molecule has 1 aromatic heterocycles. The van der Waals surface area contributed by atoms with E-state index in [9.17, 15) is 0 Å². The van der Waals surface area contributed by atoms with Crippen molar-refractivity contribution < 1.29 is 9.89 Å². The number of para-hydroxylation sites is 2. The lowest BCUT2D eigenvalue weighted by molar-refractivity contribution is 0.661. The molecule has 74 valence electrons. The van der Waals surface area contributed by atoms with Gasteiger partial charge in [0, 0.05) is 12.1 Å². The summed E-state index contributed by atoms with van der Waals surface area (Å²) in [6.07, 6.45) is 0. The molecular formula is C13H10O2. The standard InChI is InChI=1S/C13H9O.H2O/c1-3-7-12-10(5-1)9-11-6-2-4-8-13(11)14-12;/h1-9H;1H2/q+1;/p-1. The fourth-order valence-corrected chi connectivity index (χ4v) is 1.67. The molecule has 0 spiro atoms. The Morgan fingerprint density at radius 3 is 1.67 bits per heavy atom. The smallest absolute Gasteiger partial charge is 0.360 e. The van der Waals surface area contributed by atoms with Crippen LogP contribution >= 0.6 is 0 Å². The first-order valence-electron chi connectivity index (χ1n) is 4.64. The minimum absolute atomic E-state index is 0. The lowest BCUT2D eigenvalue weighted by Gasteiger charge is -1.89. The van der Waals surface area contributed by atoms with Crippen molar-refractivity contribution in [2.45, 2.75) is 0 Å². The first-order chi connectivity index (χ1) is 6.93. The van der Waals surface area contributed by atoms with Crippen molar-refractivity contribution in [3.63, 3.8) is 0 Å². The van der Waals surface area contributed by atoms with Gasteiger partial charge >= 0.3 is 11.2 Å². The van der Waals surface area contributed by atoms with Gasteiger partial charge in [-0.2, -0.15) is 0 Å². The first kappa shape index (κ1) is 9.62. The van der Waals surface area contributed by atoms with Gasteiger partial charge in [0.2, 0.25) is 0 Å². The Bertz CT molecular complexity index is 497. The Morgan fingerprint density at radius 1 is 0.667 bits per heavy atom. The quantitative estimate of drug-likeness (QED) is 0.408. The highest BCUT2D eigenvalue weighted by Crippen LogP contribution is 2.21. The lowest BCUT2D eigenvalue weighted by atomic mass is 10.1. The molecule has 2 nitrogen and oxygen atoms in total. The van der Waals surface area contributed by atoms with E-state index in [2.05, 4.69) is 18.2 Å². The van der Waals surface area contributed by atoms with Crippen LogP contribution in [-0.2, 0) is 0 Å². The number of benzene rings is 2. The Morgan fingerprint density at radius 2 is 1.13 bits per heavy atom. The van der Waals surface area contributed by atoms with E-state index in [-0.39, 0.29) is 5.48 Å². The van der Waals surface area contributed by atoms with Crippen molar-refractivity contribution in [3.8, 4) is 0 Å². The molecule has 0 atom stereocenters. The Labute approximate surface area is 87.1 Å². The Hall–Kier alpha value is -1.93. The molecular weight excluding hydrogens is 188 g/mol. The molecule has 15 heavy (non-hydrogen) atoms. The second-order valence-corrected chi connectivity index (χ2v) is 3.32. The fourth-order valence-electron chi connectivity index (χ4n) is 1.67. The fraction of sp³-hybridized carbons (Fsp3) is 0. The molecule has 0 unspecified atom stereocenters. The minimum atomic E-state index is 0. The Balaban J connectivity index is 0.000000853. The van der Waals surface area contributed by atoms with E-state index in [1.807, 2.05) is 36.4 Å². The van der Waals surface area contributed by atoms with Gasteiger partial charge in [-0.25, -0.2) is 4.42 Å².